The normalized spacial score (nSPS) is 11.7. The first-order valence-electron chi connectivity index (χ1n) is 5.65. The Morgan fingerprint density at radius 2 is 1.76 bits per heavy atom. The van der Waals surface area contributed by atoms with Crippen LogP contribution in [0.2, 0.25) is 0 Å². The second kappa shape index (κ2) is 6.14. The second-order valence-electron chi connectivity index (χ2n) is 4.39. The van der Waals surface area contributed by atoms with Crippen molar-refractivity contribution >= 4 is 10.0 Å². The van der Waals surface area contributed by atoms with Crippen molar-refractivity contribution in [3.63, 3.8) is 0 Å². The lowest BCUT2D eigenvalue weighted by molar-refractivity contribution is 0.590. The van der Waals surface area contributed by atoms with Crippen molar-refractivity contribution in [2.24, 2.45) is 5.14 Å². The molecule has 3 N–H and O–H groups in total. The van der Waals surface area contributed by atoms with Gasteiger partial charge in [0.25, 0.3) is 0 Å². The minimum Gasteiger partial charge on any atom is -0.313 e. The summed E-state index contributed by atoms with van der Waals surface area (Å²) < 4.78 is 21.4. The molecule has 0 amide bonds. The van der Waals surface area contributed by atoms with Crippen LogP contribution < -0.4 is 10.5 Å². The van der Waals surface area contributed by atoms with Crippen LogP contribution in [-0.2, 0) is 16.6 Å². The van der Waals surface area contributed by atoms with Crippen LogP contribution in [0.1, 0.15) is 23.1 Å². The van der Waals surface area contributed by atoms with Gasteiger partial charge in [-0.3, -0.25) is 0 Å². The number of primary sulfonamides is 1. The van der Waals surface area contributed by atoms with Gasteiger partial charge in [0.05, 0.1) is 5.75 Å². The van der Waals surface area contributed by atoms with Gasteiger partial charge in [0.15, 0.2) is 0 Å². The zero-order valence-corrected chi connectivity index (χ0v) is 11.2. The predicted molar refractivity (Wildman–Crippen MR) is 70.2 cm³/mol. The fourth-order valence-electron chi connectivity index (χ4n) is 1.80. The average molecular weight is 256 g/mol. The summed E-state index contributed by atoms with van der Waals surface area (Å²) >= 11 is 0. The highest BCUT2D eigenvalue weighted by atomic mass is 32.2. The van der Waals surface area contributed by atoms with Crippen molar-refractivity contribution in [3.8, 4) is 0 Å². The number of sulfonamides is 1. The third-order valence-corrected chi connectivity index (χ3v) is 3.25. The van der Waals surface area contributed by atoms with Gasteiger partial charge < -0.3 is 5.32 Å². The van der Waals surface area contributed by atoms with Gasteiger partial charge in [0, 0.05) is 6.54 Å². The standard InChI is InChI=1S/C12H20N2O2S/c1-10-6-11(2)8-12(7-10)9-14-4-3-5-17(13,15)16/h6-8,14H,3-5,9H2,1-2H3,(H2,13,15,16). The first kappa shape index (κ1) is 14.2. The maximum atomic E-state index is 10.7. The van der Waals surface area contributed by atoms with Crippen molar-refractivity contribution in [2.45, 2.75) is 26.8 Å². The fourth-order valence-corrected chi connectivity index (χ4v) is 2.35. The Bertz CT molecular complexity index is 449. The molecule has 5 heteroatoms. The molecule has 96 valence electrons. The molecule has 0 spiro atoms. The smallest absolute Gasteiger partial charge is 0.209 e. The Balaban J connectivity index is 2.31. The van der Waals surface area contributed by atoms with E-state index in [0.717, 1.165) is 6.54 Å². The van der Waals surface area contributed by atoms with Crippen molar-refractivity contribution in [3.05, 3.63) is 34.9 Å². The maximum Gasteiger partial charge on any atom is 0.209 e. The zero-order valence-electron chi connectivity index (χ0n) is 10.4. The highest BCUT2D eigenvalue weighted by Gasteiger charge is 2.01. The van der Waals surface area contributed by atoms with E-state index in [2.05, 4.69) is 37.4 Å². The SMILES string of the molecule is Cc1cc(C)cc(CNCCCS(N)(=O)=O)c1. The van der Waals surface area contributed by atoms with Gasteiger partial charge in [-0.15, -0.1) is 0 Å². The Morgan fingerprint density at radius 1 is 1.18 bits per heavy atom. The van der Waals surface area contributed by atoms with Crippen LogP contribution in [0.15, 0.2) is 18.2 Å². The summed E-state index contributed by atoms with van der Waals surface area (Å²) in [5.74, 6) is 0.0346. The summed E-state index contributed by atoms with van der Waals surface area (Å²) in [5, 5.41) is 8.12. The van der Waals surface area contributed by atoms with Gasteiger partial charge in [0.2, 0.25) is 10.0 Å². The molecule has 0 unspecified atom stereocenters. The van der Waals surface area contributed by atoms with E-state index in [4.69, 9.17) is 5.14 Å². The van der Waals surface area contributed by atoms with Crippen LogP contribution in [0.3, 0.4) is 0 Å². The van der Waals surface area contributed by atoms with Gasteiger partial charge in [-0.2, -0.15) is 0 Å². The van der Waals surface area contributed by atoms with E-state index in [-0.39, 0.29) is 5.75 Å². The lowest BCUT2D eigenvalue weighted by Gasteiger charge is -2.06. The molecule has 0 atom stereocenters. The Labute approximate surface area is 103 Å². The molecule has 1 aromatic rings. The number of nitrogens with one attached hydrogen (secondary N) is 1. The van der Waals surface area contributed by atoms with Gasteiger partial charge in [-0.05, 0) is 32.4 Å². The minimum atomic E-state index is -3.32. The maximum absolute atomic E-state index is 10.7. The van der Waals surface area contributed by atoms with E-state index in [1.807, 2.05) is 0 Å². The molecule has 0 aliphatic carbocycles. The molecule has 0 saturated carbocycles. The molecule has 0 saturated heterocycles. The minimum absolute atomic E-state index is 0.0346. The third-order valence-electron chi connectivity index (χ3n) is 2.39. The molecule has 0 bridgehead atoms. The summed E-state index contributed by atoms with van der Waals surface area (Å²) in [6, 6.07) is 6.38. The first-order valence-corrected chi connectivity index (χ1v) is 7.37. The van der Waals surface area contributed by atoms with E-state index in [1.54, 1.807) is 0 Å². The van der Waals surface area contributed by atoms with Gasteiger partial charge in [0.1, 0.15) is 0 Å². The molecule has 0 fully saturated rings. The van der Waals surface area contributed by atoms with Crippen LogP contribution in [0.5, 0.6) is 0 Å². The molecule has 17 heavy (non-hydrogen) atoms. The number of hydrogen-bond acceptors (Lipinski definition) is 3. The van der Waals surface area contributed by atoms with Crippen LogP contribution >= 0.6 is 0 Å². The summed E-state index contributed by atoms with van der Waals surface area (Å²) in [6.45, 7) is 5.55. The van der Waals surface area contributed by atoms with E-state index < -0.39 is 10.0 Å². The van der Waals surface area contributed by atoms with Crippen LogP contribution in [0, 0.1) is 13.8 Å². The number of benzene rings is 1. The monoisotopic (exact) mass is 256 g/mol. The Hall–Kier alpha value is -0.910. The predicted octanol–water partition coefficient (Wildman–Crippen LogP) is 1.07. The Morgan fingerprint density at radius 3 is 2.29 bits per heavy atom. The molecule has 0 aliphatic heterocycles. The lowest BCUT2D eigenvalue weighted by Crippen LogP contribution is -2.22. The van der Waals surface area contributed by atoms with E-state index in [1.165, 1.54) is 16.7 Å². The van der Waals surface area contributed by atoms with Crippen molar-refractivity contribution in [2.75, 3.05) is 12.3 Å². The number of hydrogen-bond donors (Lipinski definition) is 2. The molecule has 0 aromatic heterocycles. The summed E-state index contributed by atoms with van der Waals surface area (Å²) in [7, 11) is -3.32. The third kappa shape index (κ3) is 6.41. The van der Waals surface area contributed by atoms with Crippen molar-refractivity contribution in [1.82, 2.24) is 5.32 Å². The second-order valence-corrected chi connectivity index (χ2v) is 6.13. The quantitative estimate of drug-likeness (QED) is 0.748. The van der Waals surface area contributed by atoms with Crippen LogP contribution in [0.25, 0.3) is 0 Å². The molecule has 4 nitrogen and oxygen atoms in total. The number of aryl methyl sites for hydroxylation is 2. The van der Waals surface area contributed by atoms with E-state index >= 15 is 0 Å². The number of nitrogens with two attached hydrogens (primary N) is 1. The van der Waals surface area contributed by atoms with E-state index in [0.29, 0.717) is 13.0 Å². The van der Waals surface area contributed by atoms with Crippen LogP contribution in [-0.4, -0.2) is 20.7 Å². The van der Waals surface area contributed by atoms with Gasteiger partial charge in [-0.25, -0.2) is 13.6 Å². The summed E-state index contributed by atoms with van der Waals surface area (Å²) in [5.41, 5.74) is 3.70. The van der Waals surface area contributed by atoms with E-state index in [9.17, 15) is 8.42 Å². The lowest BCUT2D eigenvalue weighted by atomic mass is 10.1. The first-order chi connectivity index (χ1) is 7.87. The van der Waals surface area contributed by atoms with Gasteiger partial charge >= 0.3 is 0 Å². The highest BCUT2D eigenvalue weighted by molar-refractivity contribution is 7.89. The highest BCUT2D eigenvalue weighted by Crippen LogP contribution is 2.08. The van der Waals surface area contributed by atoms with Crippen molar-refractivity contribution < 1.29 is 8.42 Å². The molecule has 1 rings (SSSR count). The molecular weight excluding hydrogens is 236 g/mol. The van der Waals surface area contributed by atoms with Gasteiger partial charge in [-0.1, -0.05) is 29.3 Å². The Kier molecular flexibility index (Phi) is 5.11. The molecule has 1 aromatic carbocycles. The zero-order chi connectivity index (χ0) is 12.9. The number of rotatable bonds is 6. The summed E-state index contributed by atoms with van der Waals surface area (Å²) in [4.78, 5) is 0. The van der Waals surface area contributed by atoms with Crippen molar-refractivity contribution in [1.29, 1.82) is 0 Å². The molecule has 0 radical (unpaired) electrons. The molecule has 0 heterocycles. The topological polar surface area (TPSA) is 72.2 Å². The molecular formula is C12H20N2O2S. The van der Waals surface area contributed by atoms with Crippen LogP contribution in [0.4, 0.5) is 0 Å². The summed E-state index contributed by atoms with van der Waals surface area (Å²) in [6.07, 6.45) is 0.545. The average Bonchev–Trinajstić information content (AvgIpc) is 2.13. The fraction of sp³-hybridized carbons (Fsp3) is 0.500. The largest absolute Gasteiger partial charge is 0.313 e. The molecule has 0 aliphatic rings.